The van der Waals surface area contributed by atoms with Crippen LogP contribution in [-0.4, -0.2) is 20.2 Å². The molecule has 0 spiro atoms. The van der Waals surface area contributed by atoms with Crippen molar-refractivity contribution in [1.29, 1.82) is 0 Å². The summed E-state index contributed by atoms with van der Waals surface area (Å²) in [7, 11) is 0. The standard InChI is InChI=1S/C19H17N5/c1-10-5-6-13-14(9-10)16-18(20)23-24-19(16)22-17(13)12-3-2-4-15-11(12)7-8-21-15/h2-4,7-8,21H,1,5-6,9H2,(H3,20,22,23,24). The molecule has 4 N–H and O–H groups in total. The molecule has 0 fully saturated rings. The zero-order valence-corrected chi connectivity index (χ0v) is 13.2. The van der Waals surface area contributed by atoms with Crippen molar-refractivity contribution in [3.05, 3.63) is 53.7 Å². The lowest BCUT2D eigenvalue weighted by Gasteiger charge is -2.22. The maximum Gasteiger partial charge on any atom is 0.158 e. The van der Waals surface area contributed by atoms with E-state index >= 15 is 0 Å². The zero-order valence-electron chi connectivity index (χ0n) is 13.2. The van der Waals surface area contributed by atoms with Crippen LogP contribution in [0.5, 0.6) is 0 Å². The monoisotopic (exact) mass is 315 g/mol. The number of anilines is 1. The van der Waals surface area contributed by atoms with Gasteiger partial charge in [0.25, 0.3) is 0 Å². The SMILES string of the molecule is C=C1CCc2c(-c3cccc4[nH]ccc34)nc3[nH]nc(N)c3c2C1. The Bertz CT molecular complexity index is 1120. The van der Waals surface area contributed by atoms with Gasteiger partial charge in [-0.25, -0.2) is 4.98 Å². The van der Waals surface area contributed by atoms with Crippen molar-refractivity contribution < 1.29 is 0 Å². The number of benzene rings is 1. The Balaban J connectivity index is 1.90. The average Bonchev–Trinajstić information content (AvgIpc) is 3.20. The molecule has 4 aromatic rings. The fraction of sp³-hybridized carbons (Fsp3) is 0.158. The smallest absolute Gasteiger partial charge is 0.158 e. The highest BCUT2D eigenvalue weighted by molar-refractivity contribution is 5.99. The van der Waals surface area contributed by atoms with Crippen LogP contribution in [0.4, 0.5) is 5.82 Å². The first-order chi connectivity index (χ1) is 11.7. The van der Waals surface area contributed by atoms with Crippen molar-refractivity contribution in [1.82, 2.24) is 20.2 Å². The van der Waals surface area contributed by atoms with Gasteiger partial charge in [0.2, 0.25) is 0 Å². The molecule has 3 heterocycles. The highest BCUT2D eigenvalue weighted by Gasteiger charge is 2.24. The van der Waals surface area contributed by atoms with E-state index < -0.39 is 0 Å². The molecule has 0 bridgehead atoms. The Morgan fingerprint density at radius 3 is 2.96 bits per heavy atom. The number of aromatic nitrogens is 4. The van der Waals surface area contributed by atoms with Crippen LogP contribution in [0, 0.1) is 0 Å². The highest BCUT2D eigenvalue weighted by atomic mass is 15.2. The summed E-state index contributed by atoms with van der Waals surface area (Å²) in [6.07, 6.45) is 4.75. The van der Waals surface area contributed by atoms with Gasteiger partial charge in [0.1, 0.15) is 0 Å². The predicted octanol–water partition coefficient (Wildman–Crippen LogP) is 3.73. The summed E-state index contributed by atoms with van der Waals surface area (Å²) in [5.74, 6) is 0.523. The normalized spacial score (nSPS) is 14.4. The number of allylic oxidation sites excluding steroid dienone is 1. The Morgan fingerprint density at radius 2 is 2.04 bits per heavy atom. The number of hydrogen-bond donors (Lipinski definition) is 3. The minimum Gasteiger partial charge on any atom is -0.382 e. The van der Waals surface area contributed by atoms with Crippen LogP contribution >= 0.6 is 0 Å². The van der Waals surface area contributed by atoms with Crippen molar-refractivity contribution in [3.63, 3.8) is 0 Å². The molecule has 0 atom stereocenters. The second-order valence-corrected chi connectivity index (χ2v) is 6.42. The van der Waals surface area contributed by atoms with Gasteiger partial charge in [-0.2, -0.15) is 5.10 Å². The lowest BCUT2D eigenvalue weighted by atomic mass is 9.84. The molecule has 1 aliphatic rings. The van der Waals surface area contributed by atoms with E-state index in [1.54, 1.807) is 0 Å². The Morgan fingerprint density at radius 1 is 1.12 bits per heavy atom. The molecule has 0 aliphatic heterocycles. The molecular weight excluding hydrogens is 298 g/mol. The number of H-pyrrole nitrogens is 2. The summed E-state index contributed by atoms with van der Waals surface area (Å²) in [5, 5.41) is 9.29. The summed E-state index contributed by atoms with van der Waals surface area (Å²) < 4.78 is 0. The number of nitrogens with one attached hydrogen (secondary N) is 2. The molecule has 5 rings (SSSR count). The second kappa shape index (κ2) is 4.71. The highest BCUT2D eigenvalue weighted by Crippen LogP contribution is 2.39. The van der Waals surface area contributed by atoms with Gasteiger partial charge in [-0.05, 0) is 42.5 Å². The summed E-state index contributed by atoms with van der Waals surface area (Å²) >= 11 is 0. The van der Waals surface area contributed by atoms with Gasteiger partial charge in [-0.3, -0.25) is 5.10 Å². The molecule has 5 heteroatoms. The van der Waals surface area contributed by atoms with Crippen molar-refractivity contribution in [2.24, 2.45) is 0 Å². The van der Waals surface area contributed by atoms with E-state index in [1.807, 2.05) is 6.20 Å². The van der Waals surface area contributed by atoms with Crippen LogP contribution in [0.15, 0.2) is 42.6 Å². The van der Waals surface area contributed by atoms with Crippen molar-refractivity contribution >= 4 is 27.8 Å². The van der Waals surface area contributed by atoms with E-state index in [2.05, 4.69) is 46.0 Å². The van der Waals surface area contributed by atoms with E-state index in [0.717, 1.165) is 47.1 Å². The van der Waals surface area contributed by atoms with Crippen LogP contribution in [0.3, 0.4) is 0 Å². The lowest BCUT2D eigenvalue weighted by molar-refractivity contribution is 0.844. The molecule has 5 nitrogen and oxygen atoms in total. The number of nitrogen functional groups attached to an aromatic ring is 1. The van der Waals surface area contributed by atoms with Gasteiger partial charge in [-0.1, -0.05) is 24.3 Å². The first-order valence-corrected chi connectivity index (χ1v) is 8.11. The van der Waals surface area contributed by atoms with Crippen LogP contribution < -0.4 is 5.73 Å². The maximum atomic E-state index is 6.09. The van der Waals surface area contributed by atoms with Crippen LogP contribution in [0.25, 0.3) is 33.2 Å². The van der Waals surface area contributed by atoms with Gasteiger partial charge in [0, 0.05) is 22.7 Å². The molecule has 0 saturated carbocycles. The average molecular weight is 315 g/mol. The minimum atomic E-state index is 0.523. The summed E-state index contributed by atoms with van der Waals surface area (Å²) in [4.78, 5) is 8.17. The van der Waals surface area contributed by atoms with Crippen molar-refractivity contribution in [2.45, 2.75) is 19.3 Å². The molecule has 0 amide bonds. The van der Waals surface area contributed by atoms with Crippen LogP contribution in [-0.2, 0) is 12.8 Å². The van der Waals surface area contributed by atoms with E-state index in [4.69, 9.17) is 10.7 Å². The van der Waals surface area contributed by atoms with Gasteiger partial charge >= 0.3 is 0 Å². The third-order valence-electron chi connectivity index (χ3n) is 4.96. The maximum absolute atomic E-state index is 6.09. The Kier molecular flexibility index (Phi) is 2.62. The van der Waals surface area contributed by atoms with Gasteiger partial charge < -0.3 is 10.7 Å². The number of nitrogens with two attached hydrogens (primary N) is 1. The lowest BCUT2D eigenvalue weighted by Crippen LogP contribution is -2.09. The molecule has 1 aromatic carbocycles. The van der Waals surface area contributed by atoms with E-state index in [9.17, 15) is 0 Å². The topological polar surface area (TPSA) is 83.4 Å². The fourth-order valence-corrected chi connectivity index (χ4v) is 3.82. The number of aromatic amines is 2. The van der Waals surface area contributed by atoms with Crippen molar-refractivity contribution in [3.8, 4) is 11.3 Å². The first kappa shape index (κ1) is 13.4. The Labute approximate surface area is 138 Å². The molecule has 1 aliphatic carbocycles. The molecule has 0 radical (unpaired) electrons. The summed E-state index contributed by atoms with van der Waals surface area (Å²) in [6, 6.07) is 8.38. The number of fused-ring (bicyclic) bond motifs is 4. The van der Waals surface area contributed by atoms with Crippen molar-refractivity contribution in [2.75, 3.05) is 5.73 Å². The van der Waals surface area contributed by atoms with Gasteiger partial charge in [0.05, 0.1) is 11.1 Å². The minimum absolute atomic E-state index is 0.523. The largest absolute Gasteiger partial charge is 0.382 e. The molecule has 0 unspecified atom stereocenters. The van der Waals surface area contributed by atoms with E-state index in [1.165, 1.54) is 22.1 Å². The zero-order chi connectivity index (χ0) is 16.3. The second-order valence-electron chi connectivity index (χ2n) is 6.42. The van der Waals surface area contributed by atoms with E-state index in [-0.39, 0.29) is 0 Å². The molecule has 118 valence electrons. The molecule has 0 saturated heterocycles. The number of hydrogen-bond acceptors (Lipinski definition) is 3. The molecule has 24 heavy (non-hydrogen) atoms. The van der Waals surface area contributed by atoms with Crippen LogP contribution in [0.2, 0.25) is 0 Å². The fourth-order valence-electron chi connectivity index (χ4n) is 3.82. The number of nitrogens with zero attached hydrogens (tertiary/aromatic N) is 2. The van der Waals surface area contributed by atoms with E-state index in [0.29, 0.717) is 5.82 Å². The number of pyridine rings is 1. The van der Waals surface area contributed by atoms with Gasteiger partial charge in [-0.15, -0.1) is 0 Å². The summed E-state index contributed by atoms with van der Waals surface area (Å²) in [5.41, 5.74) is 13.9. The first-order valence-electron chi connectivity index (χ1n) is 8.11. The number of rotatable bonds is 1. The summed E-state index contributed by atoms with van der Waals surface area (Å²) in [6.45, 7) is 4.18. The third-order valence-corrected chi connectivity index (χ3v) is 4.96. The van der Waals surface area contributed by atoms with Crippen LogP contribution in [0.1, 0.15) is 17.5 Å². The third kappa shape index (κ3) is 1.75. The molecular formula is C19H17N5. The quantitative estimate of drug-likeness (QED) is 0.468. The van der Waals surface area contributed by atoms with Gasteiger partial charge in [0.15, 0.2) is 11.5 Å². The predicted molar refractivity (Wildman–Crippen MR) is 96.8 cm³/mol. The Hall–Kier alpha value is -3.08. The molecule has 3 aromatic heterocycles.